The van der Waals surface area contributed by atoms with Gasteiger partial charge in [-0.25, -0.2) is 4.98 Å². The van der Waals surface area contributed by atoms with Crippen LogP contribution in [0.4, 0.5) is 0 Å². The SMILES string of the molecule is CNCC(C)(C)COCCc1scnc1C. The minimum Gasteiger partial charge on any atom is -0.380 e. The molecule has 0 fully saturated rings. The van der Waals surface area contributed by atoms with Gasteiger partial charge in [0.05, 0.1) is 24.4 Å². The molecule has 0 spiro atoms. The standard InChI is InChI=1S/C12H22N2OS/c1-10-11(16-9-14-10)5-6-15-8-12(2,3)7-13-4/h9,13H,5-8H2,1-4H3. The van der Waals surface area contributed by atoms with Gasteiger partial charge in [-0.15, -0.1) is 11.3 Å². The van der Waals surface area contributed by atoms with Gasteiger partial charge in [0.25, 0.3) is 0 Å². The lowest BCUT2D eigenvalue weighted by Crippen LogP contribution is -2.31. The van der Waals surface area contributed by atoms with Gasteiger partial charge < -0.3 is 10.1 Å². The molecule has 0 aliphatic carbocycles. The number of hydrogen-bond donors (Lipinski definition) is 1. The molecule has 0 saturated heterocycles. The maximum absolute atomic E-state index is 5.72. The number of rotatable bonds is 7. The second-order valence-electron chi connectivity index (χ2n) is 4.86. The third kappa shape index (κ3) is 4.60. The molecule has 1 rings (SSSR count). The lowest BCUT2D eigenvalue weighted by molar-refractivity contribution is 0.0652. The molecule has 1 N–H and O–H groups in total. The molecule has 0 bridgehead atoms. The monoisotopic (exact) mass is 242 g/mol. The van der Waals surface area contributed by atoms with E-state index in [1.165, 1.54) is 4.88 Å². The number of nitrogens with zero attached hydrogens (tertiary/aromatic N) is 1. The molecular formula is C12H22N2OS. The number of hydrogen-bond acceptors (Lipinski definition) is 4. The summed E-state index contributed by atoms with van der Waals surface area (Å²) in [7, 11) is 1.97. The van der Waals surface area contributed by atoms with Crippen molar-refractivity contribution in [2.75, 3.05) is 26.8 Å². The van der Waals surface area contributed by atoms with Crippen LogP contribution in [0.2, 0.25) is 0 Å². The molecule has 0 saturated carbocycles. The molecular weight excluding hydrogens is 220 g/mol. The first-order chi connectivity index (χ1) is 7.55. The Balaban J connectivity index is 2.19. The van der Waals surface area contributed by atoms with Crippen LogP contribution in [-0.4, -0.2) is 31.8 Å². The average Bonchev–Trinajstić information content (AvgIpc) is 2.59. The van der Waals surface area contributed by atoms with Crippen molar-refractivity contribution in [1.82, 2.24) is 10.3 Å². The first kappa shape index (κ1) is 13.6. The molecule has 1 aromatic rings. The number of ether oxygens (including phenoxy) is 1. The van der Waals surface area contributed by atoms with Crippen LogP contribution < -0.4 is 5.32 Å². The van der Waals surface area contributed by atoms with Crippen molar-refractivity contribution in [2.24, 2.45) is 5.41 Å². The highest BCUT2D eigenvalue weighted by Crippen LogP contribution is 2.15. The molecule has 92 valence electrons. The van der Waals surface area contributed by atoms with Crippen LogP contribution in [0.5, 0.6) is 0 Å². The summed E-state index contributed by atoms with van der Waals surface area (Å²) in [4.78, 5) is 5.57. The smallest absolute Gasteiger partial charge is 0.0797 e. The first-order valence-electron chi connectivity index (χ1n) is 5.66. The fourth-order valence-electron chi connectivity index (χ4n) is 1.61. The van der Waals surface area contributed by atoms with Crippen LogP contribution in [0, 0.1) is 12.3 Å². The van der Waals surface area contributed by atoms with Gasteiger partial charge in [-0.1, -0.05) is 13.8 Å². The van der Waals surface area contributed by atoms with Crippen molar-refractivity contribution in [2.45, 2.75) is 27.2 Å². The maximum Gasteiger partial charge on any atom is 0.0797 e. The molecule has 1 aromatic heterocycles. The number of aryl methyl sites for hydroxylation is 1. The summed E-state index contributed by atoms with van der Waals surface area (Å²) >= 11 is 1.71. The van der Waals surface area contributed by atoms with Crippen molar-refractivity contribution >= 4 is 11.3 Å². The average molecular weight is 242 g/mol. The zero-order valence-electron chi connectivity index (χ0n) is 10.7. The second-order valence-corrected chi connectivity index (χ2v) is 5.80. The maximum atomic E-state index is 5.72. The number of aromatic nitrogens is 1. The Kier molecular flexibility index (Phi) is 5.38. The topological polar surface area (TPSA) is 34.1 Å². The van der Waals surface area contributed by atoms with Gasteiger partial charge in [0.2, 0.25) is 0 Å². The molecule has 3 nitrogen and oxygen atoms in total. The van der Waals surface area contributed by atoms with E-state index in [2.05, 4.69) is 31.1 Å². The molecule has 4 heteroatoms. The fourth-order valence-corrected chi connectivity index (χ4v) is 2.37. The molecule has 0 aromatic carbocycles. The largest absolute Gasteiger partial charge is 0.380 e. The van der Waals surface area contributed by atoms with E-state index >= 15 is 0 Å². The van der Waals surface area contributed by atoms with Gasteiger partial charge in [0, 0.05) is 23.3 Å². The number of nitrogens with one attached hydrogen (secondary N) is 1. The van der Waals surface area contributed by atoms with Crippen molar-refractivity contribution in [1.29, 1.82) is 0 Å². The van der Waals surface area contributed by atoms with Crippen molar-refractivity contribution in [3.8, 4) is 0 Å². The minimum atomic E-state index is 0.206. The van der Waals surface area contributed by atoms with Crippen LogP contribution in [-0.2, 0) is 11.2 Å². The van der Waals surface area contributed by atoms with Gasteiger partial charge in [0.15, 0.2) is 0 Å². The van der Waals surface area contributed by atoms with Crippen LogP contribution in [0.25, 0.3) is 0 Å². The zero-order valence-corrected chi connectivity index (χ0v) is 11.5. The van der Waals surface area contributed by atoms with E-state index in [0.717, 1.165) is 31.9 Å². The molecule has 0 radical (unpaired) electrons. The Bertz CT molecular complexity index is 310. The molecule has 0 unspecified atom stereocenters. The molecule has 0 aliphatic heterocycles. The van der Waals surface area contributed by atoms with E-state index in [1.807, 2.05) is 12.6 Å². The molecule has 0 amide bonds. The highest BCUT2D eigenvalue weighted by Gasteiger charge is 2.16. The van der Waals surface area contributed by atoms with Crippen molar-refractivity contribution in [3.63, 3.8) is 0 Å². The Labute approximate surface area is 102 Å². The Hall–Kier alpha value is -0.450. The molecule has 0 aliphatic rings. The van der Waals surface area contributed by atoms with E-state index in [0.29, 0.717) is 0 Å². The summed E-state index contributed by atoms with van der Waals surface area (Å²) in [6, 6.07) is 0. The highest BCUT2D eigenvalue weighted by atomic mass is 32.1. The van der Waals surface area contributed by atoms with E-state index in [9.17, 15) is 0 Å². The Morgan fingerprint density at radius 3 is 2.81 bits per heavy atom. The van der Waals surface area contributed by atoms with E-state index < -0.39 is 0 Å². The van der Waals surface area contributed by atoms with Crippen LogP contribution >= 0.6 is 11.3 Å². The zero-order chi connectivity index (χ0) is 12.0. The second kappa shape index (κ2) is 6.33. The van der Waals surface area contributed by atoms with Crippen LogP contribution in [0.1, 0.15) is 24.4 Å². The summed E-state index contributed by atoms with van der Waals surface area (Å²) in [5, 5.41) is 3.18. The predicted molar refractivity (Wildman–Crippen MR) is 69.1 cm³/mol. The van der Waals surface area contributed by atoms with Crippen molar-refractivity contribution in [3.05, 3.63) is 16.1 Å². The first-order valence-corrected chi connectivity index (χ1v) is 6.54. The summed E-state index contributed by atoms with van der Waals surface area (Å²) in [6.07, 6.45) is 0.978. The van der Waals surface area contributed by atoms with Gasteiger partial charge in [-0.2, -0.15) is 0 Å². The normalized spacial score (nSPS) is 12.0. The van der Waals surface area contributed by atoms with Gasteiger partial charge in [-0.05, 0) is 14.0 Å². The summed E-state index contributed by atoms with van der Waals surface area (Å²) < 4.78 is 5.72. The van der Waals surface area contributed by atoms with Crippen LogP contribution in [0.3, 0.4) is 0 Å². The molecule has 1 heterocycles. The summed E-state index contributed by atoms with van der Waals surface area (Å²) in [5.74, 6) is 0. The Morgan fingerprint density at radius 1 is 1.50 bits per heavy atom. The van der Waals surface area contributed by atoms with E-state index in [1.54, 1.807) is 11.3 Å². The third-order valence-corrected chi connectivity index (χ3v) is 3.46. The van der Waals surface area contributed by atoms with Crippen molar-refractivity contribution < 1.29 is 4.74 Å². The minimum absolute atomic E-state index is 0.206. The highest BCUT2D eigenvalue weighted by molar-refractivity contribution is 7.09. The van der Waals surface area contributed by atoms with Crippen LogP contribution in [0.15, 0.2) is 5.51 Å². The lowest BCUT2D eigenvalue weighted by Gasteiger charge is -2.23. The van der Waals surface area contributed by atoms with Gasteiger partial charge >= 0.3 is 0 Å². The lowest BCUT2D eigenvalue weighted by atomic mass is 9.95. The van der Waals surface area contributed by atoms with E-state index in [-0.39, 0.29) is 5.41 Å². The Morgan fingerprint density at radius 2 is 2.25 bits per heavy atom. The number of thiazole rings is 1. The predicted octanol–water partition coefficient (Wildman–Crippen LogP) is 2.26. The quantitative estimate of drug-likeness (QED) is 0.745. The van der Waals surface area contributed by atoms with Gasteiger partial charge in [-0.3, -0.25) is 0 Å². The molecule has 0 atom stereocenters. The fraction of sp³-hybridized carbons (Fsp3) is 0.750. The van der Waals surface area contributed by atoms with E-state index in [4.69, 9.17) is 4.74 Å². The van der Waals surface area contributed by atoms with Gasteiger partial charge in [0.1, 0.15) is 0 Å². The third-order valence-electron chi connectivity index (χ3n) is 2.47. The summed E-state index contributed by atoms with van der Waals surface area (Å²) in [5.41, 5.74) is 3.25. The molecule has 16 heavy (non-hydrogen) atoms. The summed E-state index contributed by atoms with van der Waals surface area (Å²) in [6.45, 7) is 9.04.